The van der Waals surface area contributed by atoms with E-state index in [1.165, 1.54) is 18.2 Å². The van der Waals surface area contributed by atoms with Gasteiger partial charge in [-0.05, 0) is 30.9 Å². The largest absolute Gasteiger partial charge is 0.490 e. The van der Waals surface area contributed by atoms with Crippen LogP contribution in [0, 0.1) is 11.7 Å². The first-order chi connectivity index (χ1) is 8.02. The van der Waals surface area contributed by atoms with Crippen LogP contribution in [0.1, 0.15) is 37.0 Å². The molecule has 0 aromatic heterocycles. The second-order valence-corrected chi connectivity index (χ2v) is 4.31. The number of carboxylic acids is 1. The van der Waals surface area contributed by atoms with Crippen molar-refractivity contribution < 1.29 is 19.0 Å². The Hall–Kier alpha value is -1.58. The quantitative estimate of drug-likeness (QED) is 0.776. The monoisotopic (exact) mass is 240 g/mol. The maximum atomic E-state index is 13.4. The van der Waals surface area contributed by atoms with Crippen molar-refractivity contribution in [1.82, 2.24) is 0 Å². The van der Waals surface area contributed by atoms with Gasteiger partial charge >= 0.3 is 5.97 Å². The fraction of sp³-hybridized carbons (Fsp3) is 0.462. The highest BCUT2D eigenvalue weighted by Crippen LogP contribution is 2.23. The zero-order valence-corrected chi connectivity index (χ0v) is 10.1. The molecule has 4 heteroatoms. The molecule has 1 N–H and O–H groups in total. The van der Waals surface area contributed by atoms with Crippen molar-refractivity contribution in [2.75, 3.05) is 6.61 Å². The Balaban J connectivity index is 2.66. The summed E-state index contributed by atoms with van der Waals surface area (Å²) in [5, 5.41) is 8.89. The van der Waals surface area contributed by atoms with E-state index < -0.39 is 11.8 Å². The SMILES string of the molecule is CC(C)CCCOc1c(F)cccc1C(=O)O. The van der Waals surface area contributed by atoms with Crippen molar-refractivity contribution >= 4 is 5.97 Å². The van der Waals surface area contributed by atoms with E-state index in [-0.39, 0.29) is 11.3 Å². The van der Waals surface area contributed by atoms with Crippen LogP contribution in [0.5, 0.6) is 5.75 Å². The van der Waals surface area contributed by atoms with Crippen LogP contribution >= 0.6 is 0 Å². The fourth-order valence-electron chi connectivity index (χ4n) is 1.49. The second kappa shape index (κ2) is 6.23. The number of carboxylic acid groups (broad SMARTS) is 1. The maximum absolute atomic E-state index is 13.4. The molecule has 0 amide bonds. The Morgan fingerprint density at radius 3 is 2.76 bits per heavy atom. The van der Waals surface area contributed by atoms with Crippen molar-refractivity contribution in [1.29, 1.82) is 0 Å². The van der Waals surface area contributed by atoms with Gasteiger partial charge < -0.3 is 9.84 Å². The number of para-hydroxylation sites is 1. The maximum Gasteiger partial charge on any atom is 0.339 e. The molecule has 0 fully saturated rings. The lowest BCUT2D eigenvalue weighted by atomic mass is 10.1. The predicted octanol–water partition coefficient (Wildman–Crippen LogP) is 3.34. The van der Waals surface area contributed by atoms with Gasteiger partial charge in [0.05, 0.1) is 6.61 Å². The highest BCUT2D eigenvalue weighted by molar-refractivity contribution is 5.90. The summed E-state index contributed by atoms with van der Waals surface area (Å²) < 4.78 is 18.6. The lowest BCUT2D eigenvalue weighted by Gasteiger charge is -2.10. The first kappa shape index (κ1) is 13.5. The zero-order chi connectivity index (χ0) is 12.8. The molecule has 3 nitrogen and oxygen atoms in total. The number of hydrogen-bond acceptors (Lipinski definition) is 2. The molecule has 0 aliphatic heterocycles. The van der Waals surface area contributed by atoms with E-state index in [0.29, 0.717) is 12.5 Å². The van der Waals surface area contributed by atoms with Crippen LogP contribution in [0.25, 0.3) is 0 Å². The lowest BCUT2D eigenvalue weighted by Crippen LogP contribution is -2.07. The molecular weight excluding hydrogens is 223 g/mol. The highest BCUT2D eigenvalue weighted by atomic mass is 19.1. The lowest BCUT2D eigenvalue weighted by molar-refractivity contribution is 0.0691. The van der Waals surface area contributed by atoms with Crippen LogP contribution in [0.4, 0.5) is 4.39 Å². The first-order valence-corrected chi connectivity index (χ1v) is 5.67. The number of rotatable bonds is 6. The van der Waals surface area contributed by atoms with Gasteiger partial charge in [0.2, 0.25) is 0 Å². The molecule has 0 radical (unpaired) electrons. The zero-order valence-electron chi connectivity index (χ0n) is 10.1. The number of ether oxygens (including phenoxy) is 1. The molecule has 1 rings (SSSR count). The van der Waals surface area contributed by atoms with Crippen LogP contribution in [0.2, 0.25) is 0 Å². The van der Waals surface area contributed by atoms with Gasteiger partial charge in [0.15, 0.2) is 11.6 Å². The van der Waals surface area contributed by atoms with Gasteiger partial charge in [-0.2, -0.15) is 0 Å². The van der Waals surface area contributed by atoms with Gasteiger partial charge in [0.25, 0.3) is 0 Å². The van der Waals surface area contributed by atoms with E-state index in [4.69, 9.17) is 9.84 Å². The topological polar surface area (TPSA) is 46.5 Å². The Morgan fingerprint density at radius 1 is 1.47 bits per heavy atom. The van der Waals surface area contributed by atoms with Crippen molar-refractivity contribution in [3.63, 3.8) is 0 Å². The van der Waals surface area contributed by atoms with E-state index in [2.05, 4.69) is 13.8 Å². The first-order valence-electron chi connectivity index (χ1n) is 5.67. The third-order valence-corrected chi connectivity index (χ3v) is 2.37. The molecular formula is C13H17FO3. The smallest absolute Gasteiger partial charge is 0.339 e. The molecule has 0 aliphatic rings. The fourth-order valence-corrected chi connectivity index (χ4v) is 1.49. The van der Waals surface area contributed by atoms with Gasteiger partial charge in [0, 0.05) is 0 Å². The molecule has 0 unspecified atom stereocenters. The number of hydrogen-bond donors (Lipinski definition) is 1. The average molecular weight is 240 g/mol. The van der Waals surface area contributed by atoms with Crippen molar-refractivity contribution in [3.8, 4) is 5.75 Å². The Kier molecular flexibility index (Phi) is 4.94. The summed E-state index contributed by atoms with van der Waals surface area (Å²) in [5.74, 6) is -1.42. The van der Waals surface area contributed by atoms with Crippen LogP contribution in [0.3, 0.4) is 0 Å². The third-order valence-electron chi connectivity index (χ3n) is 2.37. The van der Waals surface area contributed by atoms with Gasteiger partial charge in [-0.25, -0.2) is 9.18 Å². The Labute approximate surface area is 100 Å². The highest BCUT2D eigenvalue weighted by Gasteiger charge is 2.15. The van der Waals surface area contributed by atoms with Crippen molar-refractivity contribution in [3.05, 3.63) is 29.6 Å². The average Bonchev–Trinajstić information content (AvgIpc) is 2.25. The molecule has 1 aromatic rings. The normalized spacial score (nSPS) is 10.6. The number of aromatic carboxylic acids is 1. The van der Waals surface area contributed by atoms with E-state index >= 15 is 0 Å². The van der Waals surface area contributed by atoms with E-state index in [0.717, 1.165) is 12.8 Å². The molecule has 0 spiro atoms. The van der Waals surface area contributed by atoms with Crippen LogP contribution in [0.15, 0.2) is 18.2 Å². The molecule has 0 atom stereocenters. The molecule has 94 valence electrons. The predicted molar refractivity (Wildman–Crippen MR) is 62.9 cm³/mol. The summed E-state index contributed by atoms with van der Waals surface area (Å²) in [6.45, 7) is 4.51. The summed E-state index contributed by atoms with van der Waals surface area (Å²) in [5.41, 5.74) is -0.130. The third kappa shape index (κ3) is 4.06. The molecule has 0 saturated heterocycles. The Bertz CT molecular complexity index is 388. The summed E-state index contributed by atoms with van der Waals surface area (Å²) in [4.78, 5) is 10.9. The number of halogens is 1. The van der Waals surface area contributed by atoms with Crippen molar-refractivity contribution in [2.45, 2.75) is 26.7 Å². The molecule has 0 aliphatic carbocycles. The van der Waals surface area contributed by atoms with Gasteiger partial charge in [-0.15, -0.1) is 0 Å². The van der Waals surface area contributed by atoms with E-state index in [9.17, 15) is 9.18 Å². The number of carbonyl (C=O) groups is 1. The standard InChI is InChI=1S/C13H17FO3/c1-9(2)5-4-8-17-12-10(13(15)16)6-3-7-11(12)14/h3,6-7,9H,4-5,8H2,1-2H3,(H,15,16). The minimum atomic E-state index is -1.18. The molecule has 0 saturated carbocycles. The van der Waals surface area contributed by atoms with Crippen LogP contribution in [-0.2, 0) is 0 Å². The van der Waals surface area contributed by atoms with Gasteiger partial charge in [0.1, 0.15) is 5.56 Å². The summed E-state index contributed by atoms with van der Waals surface area (Å²) in [6.07, 6.45) is 1.75. The minimum absolute atomic E-state index is 0.130. The van der Waals surface area contributed by atoms with Gasteiger partial charge in [-0.1, -0.05) is 19.9 Å². The van der Waals surface area contributed by atoms with Gasteiger partial charge in [-0.3, -0.25) is 0 Å². The van der Waals surface area contributed by atoms with E-state index in [1.54, 1.807) is 0 Å². The summed E-state index contributed by atoms with van der Waals surface area (Å²) in [6, 6.07) is 3.90. The summed E-state index contributed by atoms with van der Waals surface area (Å²) >= 11 is 0. The van der Waals surface area contributed by atoms with E-state index in [1.807, 2.05) is 0 Å². The Morgan fingerprint density at radius 2 is 2.18 bits per heavy atom. The second-order valence-electron chi connectivity index (χ2n) is 4.31. The summed E-state index contributed by atoms with van der Waals surface area (Å²) in [7, 11) is 0. The molecule has 0 bridgehead atoms. The molecule has 17 heavy (non-hydrogen) atoms. The minimum Gasteiger partial charge on any atom is -0.490 e. The van der Waals surface area contributed by atoms with Crippen LogP contribution < -0.4 is 4.74 Å². The molecule has 0 heterocycles. The van der Waals surface area contributed by atoms with Crippen LogP contribution in [-0.4, -0.2) is 17.7 Å². The molecule has 1 aromatic carbocycles. The number of benzene rings is 1. The van der Waals surface area contributed by atoms with Crippen molar-refractivity contribution in [2.24, 2.45) is 5.92 Å².